The molecule has 1 aromatic carbocycles. The molecule has 144 valence electrons. The van der Waals surface area contributed by atoms with E-state index in [0.717, 1.165) is 42.1 Å². The lowest BCUT2D eigenvalue weighted by Crippen LogP contribution is -2.35. The van der Waals surface area contributed by atoms with Crippen LogP contribution in [0.5, 0.6) is 11.5 Å². The zero-order chi connectivity index (χ0) is 19.0. The zero-order valence-corrected chi connectivity index (χ0v) is 16.4. The van der Waals surface area contributed by atoms with E-state index < -0.39 is 11.4 Å². The second-order valence-electron chi connectivity index (χ2n) is 7.41. The fourth-order valence-electron chi connectivity index (χ4n) is 4.65. The minimum absolute atomic E-state index is 0.270. The van der Waals surface area contributed by atoms with Crippen LogP contribution in [0.15, 0.2) is 23.6 Å². The summed E-state index contributed by atoms with van der Waals surface area (Å²) in [7, 11) is 3.25. The summed E-state index contributed by atoms with van der Waals surface area (Å²) in [6.45, 7) is 2.16. The Balaban J connectivity index is 1.53. The Labute approximate surface area is 162 Å². The molecular formula is C20H24N2O4S. The number of carbonyl (C=O) groups is 1. The van der Waals surface area contributed by atoms with E-state index in [1.54, 1.807) is 25.6 Å². The molecule has 7 heteroatoms. The van der Waals surface area contributed by atoms with Crippen LogP contribution in [-0.2, 0) is 11.3 Å². The number of aromatic nitrogens is 1. The van der Waals surface area contributed by atoms with Gasteiger partial charge >= 0.3 is 5.97 Å². The number of nitrogens with zero attached hydrogens (tertiary/aromatic N) is 2. The number of benzene rings is 1. The second kappa shape index (κ2) is 7.13. The Morgan fingerprint density at radius 1 is 1.41 bits per heavy atom. The molecule has 0 amide bonds. The van der Waals surface area contributed by atoms with Crippen molar-refractivity contribution in [2.45, 2.75) is 25.8 Å². The van der Waals surface area contributed by atoms with Gasteiger partial charge in [-0.25, -0.2) is 4.98 Å². The summed E-state index contributed by atoms with van der Waals surface area (Å²) in [5.41, 5.74) is 1.34. The molecule has 0 bridgehead atoms. The van der Waals surface area contributed by atoms with Gasteiger partial charge in [0.2, 0.25) is 0 Å². The number of rotatable bonds is 6. The summed E-state index contributed by atoms with van der Waals surface area (Å²) >= 11 is 1.57. The van der Waals surface area contributed by atoms with Crippen molar-refractivity contribution in [3.05, 3.63) is 29.3 Å². The van der Waals surface area contributed by atoms with E-state index in [9.17, 15) is 9.90 Å². The first-order chi connectivity index (χ1) is 13.1. The van der Waals surface area contributed by atoms with Crippen molar-refractivity contribution >= 4 is 17.3 Å². The highest BCUT2D eigenvalue weighted by atomic mass is 32.1. The van der Waals surface area contributed by atoms with Crippen molar-refractivity contribution in [3.63, 3.8) is 0 Å². The summed E-state index contributed by atoms with van der Waals surface area (Å²) in [6, 6.07) is 5.77. The summed E-state index contributed by atoms with van der Waals surface area (Å²) in [4.78, 5) is 18.9. The molecule has 2 fully saturated rings. The van der Waals surface area contributed by atoms with Gasteiger partial charge < -0.3 is 14.6 Å². The Morgan fingerprint density at radius 3 is 2.96 bits per heavy atom. The summed E-state index contributed by atoms with van der Waals surface area (Å²) in [5, 5.41) is 12.7. The van der Waals surface area contributed by atoms with Gasteiger partial charge in [0.1, 0.15) is 5.01 Å². The van der Waals surface area contributed by atoms with Gasteiger partial charge in [0.05, 0.1) is 30.9 Å². The smallest absolute Gasteiger partial charge is 0.311 e. The lowest BCUT2D eigenvalue weighted by molar-refractivity contribution is -0.149. The van der Waals surface area contributed by atoms with Crippen molar-refractivity contribution in [2.75, 3.05) is 27.3 Å². The average molecular weight is 388 g/mol. The predicted molar refractivity (Wildman–Crippen MR) is 103 cm³/mol. The fourth-order valence-corrected chi connectivity index (χ4v) is 5.48. The van der Waals surface area contributed by atoms with Crippen LogP contribution in [0.4, 0.5) is 0 Å². The molecule has 2 aromatic rings. The second-order valence-corrected chi connectivity index (χ2v) is 8.26. The van der Waals surface area contributed by atoms with Gasteiger partial charge in [0.15, 0.2) is 11.5 Å². The molecule has 2 atom stereocenters. The van der Waals surface area contributed by atoms with Crippen LogP contribution in [0.25, 0.3) is 10.6 Å². The number of hydrogen-bond acceptors (Lipinski definition) is 6. The van der Waals surface area contributed by atoms with Crippen LogP contribution < -0.4 is 9.47 Å². The third-order valence-electron chi connectivity index (χ3n) is 5.94. The minimum atomic E-state index is -0.632. The third-order valence-corrected chi connectivity index (χ3v) is 6.86. The van der Waals surface area contributed by atoms with Crippen molar-refractivity contribution in [1.29, 1.82) is 0 Å². The summed E-state index contributed by atoms with van der Waals surface area (Å²) in [6.07, 6.45) is 2.85. The first-order valence-corrected chi connectivity index (χ1v) is 10.1. The molecule has 1 saturated heterocycles. The number of hydrogen-bond donors (Lipinski definition) is 1. The molecule has 2 aliphatic rings. The molecule has 1 aromatic heterocycles. The van der Waals surface area contributed by atoms with E-state index in [2.05, 4.69) is 10.3 Å². The molecule has 2 heterocycles. The number of aliphatic carboxylic acids is 1. The van der Waals surface area contributed by atoms with Crippen LogP contribution in [0.2, 0.25) is 0 Å². The molecule has 0 spiro atoms. The number of ether oxygens (including phenoxy) is 2. The topological polar surface area (TPSA) is 71.9 Å². The molecular weight excluding hydrogens is 364 g/mol. The number of likely N-dealkylation sites (tertiary alicyclic amines) is 1. The van der Waals surface area contributed by atoms with Gasteiger partial charge in [-0.05, 0) is 30.9 Å². The monoisotopic (exact) mass is 388 g/mol. The number of para-hydroxylation sites is 1. The molecule has 4 rings (SSSR count). The quantitative estimate of drug-likeness (QED) is 0.816. The molecule has 27 heavy (non-hydrogen) atoms. The fraction of sp³-hybridized carbons (Fsp3) is 0.500. The molecule has 1 aliphatic heterocycles. The number of methoxy groups -OCH3 is 2. The zero-order valence-electron chi connectivity index (χ0n) is 15.6. The van der Waals surface area contributed by atoms with Crippen LogP contribution in [0.3, 0.4) is 0 Å². The van der Waals surface area contributed by atoms with Crippen LogP contribution >= 0.6 is 11.3 Å². The van der Waals surface area contributed by atoms with Crippen molar-refractivity contribution in [3.8, 4) is 22.1 Å². The van der Waals surface area contributed by atoms with Crippen LogP contribution in [-0.4, -0.2) is 48.3 Å². The van der Waals surface area contributed by atoms with Crippen LogP contribution in [0.1, 0.15) is 25.0 Å². The molecule has 6 nitrogen and oxygen atoms in total. The van der Waals surface area contributed by atoms with E-state index >= 15 is 0 Å². The van der Waals surface area contributed by atoms with Crippen LogP contribution in [0, 0.1) is 11.3 Å². The van der Waals surface area contributed by atoms with Gasteiger partial charge in [0.25, 0.3) is 0 Å². The Hall–Kier alpha value is -2.12. The van der Waals surface area contributed by atoms with E-state index in [4.69, 9.17) is 14.5 Å². The number of thiazole rings is 1. The van der Waals surface area contributed by atoms with Crippen molar-refractivity contribution in [2.24, 2.45) is 11.3 Å². The maximum absolute atomic E-state index is 11.9. The summed E-state index contributed by atoms with van der Waals surface area (Å²) in [5.74, 6) is 1.00. The van der Waals surface area contributed by atoms with Gasteiger partial charge in [-0.15, -0.1) is 11.3 Å². The van der Waals surface area contributed by atoms with Gasteiger partial charge in [-0.3, -0.25) is 9.69 Å². The van der Waals surface area contributed by atoms with E-state index in [-0.39, 0.29) is 5.92 Å². The Kier molecular flexibility index (Phi) is 4.82. The highest BCUT2D eigenvalue weighted by molar-refractivity contribution is 7.13. The van der Waals surface area contributed by atoms with Crippen molar-refractivity contribution < 1.29 is 19.4 Å². The van der Waals surface area contributed by atoms with Gasteiger partial charge in [-0.2, -0.15) is 0 Å². The first-order valence-electron chi connectivity index (χ1n) is 9.19. The number of carboxylic acids is 1. The first kappa shape index (κ1) is 18.3. The normalized spacial score (nSPS) is 24.7. The minimum Gasteiger partial charge on any atom is -0.493 e. The summed E-state index contributed by atoms with van der Waals surface area (Å²) < 4.78 is 10.9. The van der Waals surface area contributed by atoms with E-state index in [1.807, 2.05) is 18.2 Å². The predicted octanol–water partition coefficient (Wildman–Crippen LogP) is 3.51. The number of carboxylic acid groups (broad SMARTS) is 1. The Bertz CT molecular complexity index is 852. The maximum Gasteiger partial charge on any atom is 0.311 e. The SMILES string of the molecule is COc1cccc(-c2nc(CN3C[C@@H]4CCC[C@@]4(C(=O)O)C3)cs2)c1OC. The third kappa shape index (κ3) is 3.08. The lowest BCUT2D eigenvalue weighted by atomic mass is 9.81. The highest BCUT2D eigenvalue weighted by Crippen LogP contribution is 2.49. The van der Waals surface area contributed by atoms with Gasteiger partial charge in [-0.1, -0.05) is 12.5 Å². The van der Waals surface area contributed by atoms with Gasteiger partial charge in [0, 0.05) is 25.0 Å². The Morgan fingerprint density at radius 2 is 2.26 bits per heavy atom. The highest BCUT2D eigenvalue weighted by Gasteiger charge is 2.54. The van der Waals surface area contributed by atoms with Crippen molar-refractivity contribution in [1.82, 2.24) is 9.88 Å². The molecule has 1 N–H and O–H groups in total. The standard InChI is InChI=1S/C20H24N2O4S/c1-25-16-7-3-6-15(17(16)26-2)18-21-14(11-27-18)10-22-9-13-5-4-8-20(13,12-22)19(23)24/h3,6-7,11,13H,4-5,8-10,12H2,1-2H3,(H,23,24)/t13-,20+/m0/s1. The lowest BCUT2D eigenvalue weighted by Gasteiger charge is -2.23. The maximum atomic E-state index is 11.9. The average Bonchev–Trinajstić information content (AvgIpc) is 3.35. The largest absolute Gasteiger partial charge is 0.493 e. The molecule has 0 unspecified atom stereocenters. The number of fused-ring (bicyclic) bond motifs is 1. The molecule has 1 aliphatic carbocycles. The molecule has 0 radical (unpaired) electrons. The van der Waals surface area contributed by atoms with E-state index in [0.29, 0.717) is 24.6 Å². The molecule has 1 saturated carbocycles. The van der Waals surface area contributed by atoms with E-state index in [1.165, 1.54) is 0 Å².